The van der Waals surface area contributed by atoms with Gasteiger partial charge in [0, 0.05) is 17.0 Å². The molecule has 6 rings (SSSR count). The largest absolute Gasteiger partial charge is 0.455 e. The molecule has 0 fully saturated rings. The Hall–Kier alpha value is -4.89. The van der Waals surface area contributed by atoms with Gasteiger partial charge in [-0.25, -0.2) is 4.99 Å². The van der Waals surface area contributed by atoms with Gasteiger partial charge < -0.3 is 10.2 Å². The lowest BCUT2D eigenvalue weighted by Gasteiger charge is -2.18. The highest BCUT2D eigenvalue weighted by molar-refractivity contribution is 6.18. The number of nitrogens with zero attached hydrogens (tertiary/aromatic N) is 1. The average molecular weight is 577 g/mol. The predicted molar refractivity (Wildman–Crippen MR) is 188 cm³/mol. The molecule has 0 atom stereocenters. The van der Waals surface area contributed by atoms with E-state index in [9.17, 15) is 0 Å². The summed E-state index contributed by atoms with van der Waals surface area (Å²) < 4.78 is 6.57. The molecular formula is C41H40N2O. The number of para-hydroxylation sites is 1. The molecule has 0 aliphatic carbocycles. The Bertz CT molecular complexity index is 1960. The average Bonchev–Trinajstić information content (AvgIpc) is 3.44. The zero-order valence-corrected chi connectivity index (χ0v) is 26.3. The molecule has 0 amide bonds. The number of rotatable bonds is 8. The van der Waals surface area contributed by atoms with Crippen LogP contribution in [0.4, 0.5) is 0 Å². The van der Waals surface area contributed by atoms with E-state index < -0.39 is 0 Å². The number of amidine groups is 1. The van der Waals surface area contributed by atoms with E-state index in [1.165, 1.54) is 27.8 Å². The van der Waals surface area contributed by atoms with Crippen LogP contribution in [0.5, 0.6) is 0 Å². The molecule has 0 saturated carbocycles. The summed E-state index contributed by atoms with van der Waals surface area (Å²) in [4.78, 5) is 4.67. The molecule has 44 heavy (non-hydrogen) atoms. The third-order valence-electron chi connectivity index (χ3n) is 8.56. The van der Waals surface area contributed by atoms with E-state index in [1.54, 1.807) is 0 Å². The molecule has 0 saturated heterocycles. The van der Waals surface area contributed by atoms with Gasteiger partial charge in [-0.05, 0) is 75.8 Å². The molecule has 0 spiro atoms. The van der Waals surface area contributed by atoms with E-state index in [4.69, 9.17) is 10.2 Å². The maximum Gasteiger partial charge on any atom is 0.146 e. The summed E-state index contributed by atoms with van der Waals surface area (Å²) in [6, 6.07) is 36.3. The SMILES string of the molecule is Cc1ccc(-c2ccc(-c3ccccc3)cc2)c2c1oc1c(/C(N)=N/C=C\Cc3c(C(C)C)cccc3C(C)C)cccc12. The van der Waals surface area contributed by atoms with Crippen molar-refractivity contribution < 1.29 is 4.42 Å². The Balaban J connectivity index is 1.35. The number of furan rings is 1. The molecule has 6 aromatic rings. The van der Waals surface area contributed by atoms with Crippen molar-refractivity contribution in [2.45, 2.75) is 52.9 Å². The number of nitrogens with two attached hydrogens (primary N) is 1. The van der Waals surface area contributed by atoms with Crippen LogP contribution >= 0.6 is 0 Å². The normalized spacial score (nSPS) is 12.4. The number of benzene rings is 5. The molecule has 0 aliphatic heterocycles. The van der Waals surface area contributed by atoms with Crippen molar-refractivity contribution in [2.24, 2.45) is 10.7 Å². The van der Waals surface area contributed by atoms with E-state index >= 15 is 0 Å². The molecule has 1 heterocycles. The monoisotopic (exact) mass is 576 g/mol. The fraction of sp³-hybridized carbons (Fsp3) is 0.195. The van der Waals surface area contributed by atoms with Gasteiger partial charge in [0.25, 0.3) is 0 Å². The number of allylic oxidation sites excluding steroid dienone is 1. The Morgan fingerprint density at radius 2 is 1.34 bits per heavy atom. The number of aliphatic imine (C=N–C) groups is 1. The molecule has 0 unspecified atom stereocenters. The Morgan fingerprint density at radius 1 is 0.705 bits per heavy atom. The standard InChI is InChI=1S/C41H40N2O/c1-26(2)32-14-9-15-33(27(3)4)35(32)18-11-25-43-41(42)37-17-10-16-36-38-34(24-19-28(5)39(38)44-40(36)37)31-22-20-30(21-23-31)29-12-7-6-8-13-29/h6-17,19-27H,18H2,1-5H3,(H2,42,43)/b25-11-. The fourth-order valence-corrected chi connectivity index (χ4v) is 6.26. The van der Waals surface area contributed by atoms with Crippen LogP contribution in [0, 0.1) is 6.92 Å². The quantitative estimate of drug-likeness (QED) is 0.145. The highest BCUT2D eigenvalue weighted by Gasteiger charge is 2.18. The zero-order chi connectivity index (χ0) is 30.8. The lowest BCUT2D eigenvalue weighted by molar-refractivity contribution is 0.665. The highest BCUT2D eigenvalue weighted by atomic mass is 16.3. The van der Waals surface area contributed by atoms with E-state index in [2.05, 4.69) is 131 Å². The number of hydrogen-bond acceptors (Lipinski definition) is 2. The summed E-state index contributed by atoms with van der Waals surface area (Å²) in [5, 5.41) is 2.14. The van der Waals surface area contributed by atoms with Crippen molar-refractivity contribution in [1.29, 1.82) is 0 Å². The molecule has 0 bridgehead atoms. The summed E-state index contributed by atoms with van der Waals surface area (Å²) >= 11 is 0. The third-order valence-corrected chi connectivity index (χ3v) is 8.56. The lowest BCUT2D eigenvalue weighted by atomic mass is 9.87. The maximum atomic E-state index is 6.62. The molecule has 5 aromatic carbocycles. The van der Waals surface area contributed by atoms with Gasteiger partial charge >= 0.3 is 0 Å². The van der Waals surface area contributed by atoms with Crippen molar-refractivity contribution in [3.05, 3.63) is 143 Å². The number of aryl methyl sites for hydroxylation is 1. The molecule has 1 aromatic heterocycles. The Labute approximate surface area is 260 Å². The topological polar surface area (TPSA) is 51.5 Å². The number of fused-ring (bicyclic) bond motifs is 3. The zero-order valence-electron chi connectivity index (χ0n) is 26.3. The van der Waals surface area contributed by atoms with Gasteiger partial charge in [0.15, 0.2) is 0 Å². The van der Waals surface area contributed by atoms with Crippen LogP contribution in [-0.2, 0) is 6.42 Å². The molecule has 3 nitrogen and oxygen atoms in total. The van der Waals surface area contributed by atoms with E-state index in [-0.39, 0.29) is 0 Å². The van der Waals surface area contributed by atoms with Gasteiger partial charge in [-0.3, -0.25) is 0 Å². The third kappa shape index (κ3) is 5.58. The van der Waals surface area contributed by atoms with Gasteiger partial charge in [-0.2, -0.15) is 0 Å². The van der Waals surface area contributed by atoms with Crippen molar-refractivity contribution in [1.82, 2.24) is 0 Å². The van der Waals surface area contributed by atoms with Crippen LogP contribution in [-0.4, -0.2) is 5.84 Å². The maximum absolute atomic E-state index is 6.62. The first kappa shape index (κ1) is 29.2. The summed E-state index contributed by atoms with van der Waals surface area (Å²) in [5.74, 6) is 1.37. The van der Waals surface area contributed by atoms with Crippen LogP contribution in [0.2, 0.25) is 0 Å². The molecule has 3 heteroatoms. The Kier molecular flexibility index (Phi) is 8.21. The molecule has 220 valence electrons. The summed E-state index contributed by atoms with van der Waals surface area (Å²) in [7, 11) is 0. The van der Waals surface area contributed by atoms with Crippen molar-refractivity contribution in [3.63, 3.8) is 0 Å². The van der Waals surface area contributed by atoms with E-state index in [0.29, 0.717) is 17.7 Å². The van der Waals surface area contributed by atoms with E-state index in [1.807, 2.05) is 24.4 Å². The summed E-state index contributed by atoms with van der Waals surface area (Å²) in [6.07, 6.45) is 4.77. The second-order valence-corrected chi connectivity index (χ2v) is 12.2. The van der Waals surface area contributed by atoms with Gasteiger partial charge in [0.05, 0.1) is 5.56 Å². The fourth-order valence-electron chi connectivity index (χ4n) is 6.26. The molecular weight excluding hydrogens is 536 g/mol. The summed E-state index contributed by atoms with van der Waals surface area (Å²) in [5.41, 5.74) is 19.0. The first-order chi connectivity index (χ1) is 21.3. The molecule has 0 aliphatic rings. The first-order valence-corrected chi connectivity index (χ1v) is 15.5. The van der Waals surface area contributed by atoms with Gasteiger partial charge in [0.1, 0.15) is 17.0 Å². The Morgan fingerprint density at radius 3 is 2.02 bits per heavy atom. The highest BCUT2D eigenvalue weighted by Crippen LogP contribution is 2.40. The van der Waals surface area contributed by atoms with Crippen LogP contribution in [0.3, 0.4) is 0 Å². The minimum Gasteiger partial charge on any atom is -0.455 e. The molecule has 0 radical (unpaired) electrons. The van der Waals surface area contributed by atoms with Crippen LogP contribution in [0.25, 0.3) is 44.2 Å². The lowest BCUT2D eigenvalue weighted by Crippen LogP contribution is -2.12. The molecule has 2 N–H and O–H groups in total. The van der Waals surface area contributed by atoms with Crippen LogP contribution < -0.4 is 5.73 Å². The van der Waals surface area contributed by atoms with Crippen molar-refractivity contribution in [2.75, 3.05) is 0 Å². The second-order valence-electron chi connectivity index (χ2n) is 12.2. The first-order valence-electron chi connectivity index (χ1n) is 15.5. The van der Waals surface area contributed by atoms with Gasteiger partial charge in [0.2, 0.25) is 0 Å². The van der Waals surface area contributed by atoms with Crippen molar-refractivity contribution in [3.8, 4) is 22.3 Å². The van der Waals surface area contributed by atoms with Gasteiger partial charge in [-0.1, -0.05) is 131 Å². The van der Waals surface area contributed by atoms with E-state index in [0.717, 1.165) is 50.6 Å². The minimum absolute atomic E-state index is 0.443. The smallest absolute Gasteiger partial charge is 0.146 e. The number of hydrogen-bond donors (Lipinski definition) is 1. The van der Waals surface area contributed by atoms with Crippen molar-refractivity contribution >= 4 is 27.8 Å². The van der Waals surface area contributed by atoms with Crippen LogP contribution in [0.15, 0.2) is 125 Å². The predicted octanol–water partition coefficient (Wildman–Crippen LogP) is 10.9. The van der Waals surface area contributed by atoms with Crippen LogP contribution in [0.1, 0.15) is 67.3 Å². The van der Waals surface area contributed by atoms with Gasteiger partial charge in [-0.15, -0.1) is 0 Å². The minimum atomic E-state index is 0.443. The summed E-state index contributed by atoms with van der Waals surface area (Å²) in [6.45, 7) is 11.1. The second kappa shape index (κ2) is 12.4.